The second kappa shape index (κ2) is 21.3. The molecule has 9 atom stereocenters. The molecule has 0 aromatic heterocycles. The number of nitrogens with two attached hydrogens (primary N) is 1. The number of aliphatic hydroxyl groups is 5. The van der Waals surface area contributed by atoms with Gasteiger partial charge >= 0.3 is 0 Å². The van der Waals surface area contributed by atoms with E-state index in [0.717, 1.165) is 6.92 Å². The van der Waals surface area contributed by atoms with E-state index < -0.39 is 140 Å². The molecule has 1 aliphatic rings. The fourth-order valence-electron chi connectivity index (χ4n) is 4.41. The van der Waals surface area contributed by atoms with Gasteiger partial charge < -0.3 is 73.8 Å². The predicted octanol–water partition coefficient (Wildman–Crippen LogP) is -8.66. The zero-order valence-electron chi connectivity index (χ0n) is 29.7. The van der Waals surface area contributed by atoms with Crippen LogP contribution in [0, 0.1) is 5.92 Å². The van der Waals surface area contributed by atoms with Crippen molar-refractivity contribution in [3.63, 3.8) is 0 Å². The quantitative estimate of drug-likeness (QED) is 0.0972. The molecule has 1 rings (SSSR count). The Morgan fingerprint density at radius 1 is 0.792 bits per heavy atom. The highest BCUT2D eigenvalue weighted by molar-refractivity contribution is 5.98. The van der Waals surface area contributed by atoms with E-state index in [2.05, 4.69) is 31.9 Å². The van der Waals surface area contributed by atoms with Crippen molar-refractivity contribution in [3.8, 4) is 0 Å². The molecule has 1 aliphatic heterocycles. The molecule has 0 aliphatic carbocycles. The molecule has 1 saturated heterocycles. The Morgan fingerprint density at radius 3 is 1.87 bits per heavy atom. The Morgan fingerprint density at radius 2 is 1.34 bits per heavy atom. The standard InChI is InChI=1S/C30H49N9O14/c1-6-12(4)24(47)32-7-14-25(48)36-15(10-40)26(49)37-18(11(2)3)29(52)39-20(21(44)22(45)23(31)46)30(53)38-19(13(5)41)28(51)33-8-16(42)27(50)34-9-17(43)35-14/h6,11,13-16,18-22,40-42,44-45H,7-10H2,1-5H3,(H2,31,46)(H,32,47)(H,33,51)(H,34,50)(H,35,43)(H,36,48)(H,37,49)(H,38,53)(H,39,52)/b12-6-/t13-,14+,15+,16+,18+,19+,20?,21?,22?/m1/s1. The third-order valence-electron chi connectivity index (χ3n) is 7.77. The minimum atomic E-state index is -2.47. The molecule has 9 amide bonds. The fraction of sp³-hybridized carbons (Fsp3) is 0.633. The summed E-state index contributed by atoms with van der Waals surface area (Å²) in [6.07, 6.45) is -7.21. The maximum Gasteiger partial charge on any atom is 0.251 e. The smallest absolute Gasteiger partial charge is 0.251 e. The van der Waals surface area contributed by atoms with Crippen LogP contribution in [0.3, 0.4) is 0 Å². The van der Waals surface area contributed by atoms with Gasteiger partial charge in [0.1, 0.15) is 42.4 Å². The van der Waals surface area contributed by atoms with E-state index >= 15 is 0 Å². The van der Waals surface area contributed by atoms with Crippen LogP contribution in [0.2, 0.25) is 0 Å². The van der Waals surface area contributed by atoms with Crippen molar-refractivity contribution in [2.45, 2.75) is 89.2 Å². The first-order chi connectivity index (χ1) is 24.7. The van der Waals surface area contributed by atoms with Gasteiger partial charge in [0.05, 0.1) is 25.8 Å². The maximum absolute atomic E-state index is 13.5. The van der Waals surface area contributed by atoms with Crippen molar-refractivity contribution in [1.82, 2.24) is 42.5 Å². The highest BCUT2D eigenvalue weighted by Crippen LogP contribution is 2.08. The van der Waals surface area contributed by atoms with E-state index in [0.29, 0.717) is 0 Å². The Labute approximate surface area is 303 Å². The second-order valence-corrected chi connectivity index (χ2v) is 12.3. The monoisotopic (exact) mass is 759 g/mol. The van der Waals surface area contributed by atoms with Crippen LogP contribution in [0.4, 0.5) is 0 Å². The normalized spacial score (nSPS) is 26.8. The van der Waals surface area contributed by atoms with Crippen LogP contribution < -0.4 is 48.3 Å². The summed E-state index contributed by atoms with van der Waals surface area (Å²) in [5.41, 5.74) is 5.29. The second-order valence-electron chi connectivity index (χ2n) is 12.3. The number of primary amides is 1. The number of hydrogen-bond acceptors (Lipinski definition) is 14. The van der Waals surface area contributed by atoms with Crippen molar-refractivity contribution < 1.29 is 68.7 Å². The van der Waals surface area contributed by atoms with Gasteiger partial charge in [-0.05, 0) is 26.7 Å². The van der Waals surface area contributed by atoms with Crippen LogP contribution in [-0.4, -0.2) is 160 Å². The molecule has 23 heteroatoms. The predicted molar refractivity (Wildman–Crippen MR) is 179 cm³/mol. The molecule has 0 spiro atoms. The number of rotatable bonds is 9. The summed E-state index contributed by atoms with van der Waals surface area (Å²) in [6, 6.07) is -9.23. The van der Waals surface area contributed by atoms with Gasteiger partial charge in [-0.15, -0.1) is 0 Å². The number of nitrogens with one attached hydrogen (secondary N) is 8. The van der Waals surface area contributed by atoms with Gasteiger partial charge in [-0.1, -0.05) is 19.9 Å². The van der Waals surface area contributed by atoms with Gasteiger partial charge in [-0.2, -0.15) is 0 Å². The van der Waals surface area contributed by atoms with Gasteiger partial charge in [0.2, 0.25) is 47.3 Å². The Bertz CT molecular complexity index is 1420. The first kappa shape index (κ1) is 45.8. The highest BCUT2D eigenvalue weighted by atomic mass is 16.3. The first-order valence-corrected chi connectivity index (χ1v) is 16.3. The van der Waals surface area contributed by atoms with Crippen LogP contribution in [0.1, 0.15) is 34.6 Å². The van der Waals surface area contributed by atoms with Crippen LogP contribution in [0.5, 0.6) is 0 Å². The molecule has 0 bridgehead atoms. The van der Waals surface area contributed by atoms with Crippen LogP contribution in [0.25, 0.3) is 0 Å². The summed E-state index contributed by atoms with van der Waals surface area (Å²) in [4.78, 5) is 115. The van der Waals surface area contributed by atoms with Gasteiger partial charge in [0.25, 0.3) is 5.91 Å². The maximum atomic E-state index is 13.5. The van der Waals surface area contributed by atoms with Crippen molar-refractivity contribution >= 4 is 53.2 Å². The van der Waals surface area contributed by atoms with Crippen molar-refractivity contribution in [3.05, 3.63) is 11.6 Å². The Kier molecular flexibility index (Phi) is 18.4. The van der Waals surface area contributed by atoms with E-state index in [-0.39, 0.29) is 5.57 Å². The summed E-state index contributed by atoms with van der Waals surface area (Å²) < 4.78 is 0. The molecule has 53 heavy (non-hydrogen) atoms. The lowest BCUT2D eigenvalue weighted by molar-refractivity contribution is -0.144. The van der Waals surface area contributed by atoms with Gasteiger partial charge in [0, 0.05) is 12.1 Å². The molecule has 298 valence electrons. The Balaban J connectivity index is 3.65. The third kappa shape index (κ3) is 14.0. The molecule has 1 fully saturated rings. The molecular weight excluding hydrogens is 710 g/mol. The minimum Gasteiger partial charge on any atom is -0.394 e. The van der Waals surface area contributed by atoms with Gasteiger partial charge in [-0.25, -0.2) is 0 Å². The lowest BCUT2D eigenvalue weighted by Crippen LogP contribution is -2.65. The molecule has 3 unspecified atom stereocenters. The van der Waals surface area contributed by atoms with Crippen molar-refractivity contribution in [2.24, 2.45) is 11.7 Å². The van der Waals surface area contributed by atoms with Crippen molar-refractivity contribution in [1.29, 1.82) is 0 Å². The van der Waals surface area contributed by atoms with E-state index in [1.807, 2.05) is 10.6 Å². The van der Waals surface area contributed by atoms with E-state index in [1.54, 1.807) is 6.92 Å². The number of carbonyl (C=O) groups excluding carboxylic acids is 9. The van der Waals surface area contributed by atoms with E-state index in [1.165, 1.54) is 26.8 Å². The van der Waals surface area contributed by atoms with Gasteiger partial charge in [-0.3, -0.25) is 43.2 Å². The number of allylic oxidation sites excluding steroid dienone is 1. The summed E-state index contributed by atoms with van der Waals surface area (Å²) in [5, 5.41) is 68.5. The van der Waals surface area contributed by atoms with Crippen molar-refractivity contribution in [2.75, 3.05) is 26.2 Å². The average Bonchev–Trinajstić information content (AvgIpc) is 3.10. The zero-order chi connectivity index (χ0) is 40.7. The summed E-state index contributed by atoms with van der Waals surface area (Å²) in [5.74, 6) is -11.4. The molecule has 15 N–H and O–H groups in total. The lowest BCUT2D eigenvalue weighted by Gasteiger charge is -2.31. The molecule has 1 heterocycles. The molecule has 0 aromatic carbocycles. The number of carbonyl (C=O) groups is 9. The number of hydrogen-bond donors (Lipinski definition) is 14. The number of β-amino-alcohol motifs (C(OH)–C–C–N with tert-alkyl or cyclic N) is 1. The average molecular weight is 760 g/mol. The minimum absolute atomic E-state index is 0.241. The molecule has 0 radical (unpaired) electrons. The SMILES string of the molecule is C/C=C(/C)C(=O)NC[C@@H]1NC(=O)CNC(=O)[C@@H](O)CNC(=O)[C@H]([C@@H](C)O)NC(=O)C(C(O)C(O)C(N)=O)NC(=O)[C@H](C(C)C)NC(=O)[C@H](CO)NC1=O. The molecular formula is C30H49N9O14. The molecule has 23 nitrogen and oxygen atoms in total. The largest absolute Gasteiger partial charge is 0.394 e. The van der Waals surface area contributed by atoms with E-state index in [9.17, 15) is 68.7 Å². The van der Waals surface area contributed by atoms with Crippen LogP contribution in [-0.2, 0) is 43.2 Å². The number of amides is 9. The Hall–Kier alpha value is -5.23. The van der Waals surface area contributed by atoms with Crippen LogP contribution >= 0.6 is 0 Å². The molecule has 0 aromatic rings. The topological polar surface area (TPSA) is 377 Å². The van der Waals surface area contributed by atoms with Crippen LogP contribution in [0.15, 0.2) is 11.6 Å². The number of aliphatic hydroxyl groups excluding tert-OH is 5. The fourth-order valence-corrected chi connectivity index (χ4v) is 4.41. The third-order valence-corrected chi connectivity index (χ3v) is 7.77. The first-order valence-electron chi connectivity index (χ1n) is 16.3. The molecule has 0 saturated carbocycles. The highest BCUT2D eigenvalue weighted by Gasteiger charge is 2.40. The lowest BCUT2D eigenvalue weighted by atomic mass is 9.99. The summed E-state index contributed by atoms with van der Waals surface area (Å²) in [6.45, 7) is 3.60. The van der Waals surface area contributed by atoms with Gasteiger partial charge in [0.15, 0.2) is 6.10 Å². The zero-order valence-corrected chi connectivity index (χ0v) is 29.7. The summed E-state index contributed by atoms with van der Waals surface area (Å²) >= 11 is 0. The van der Waals surface area contributed by atoms with E-state index in [4.69, 9.17) is 5.73 Å². The summed E-state index contributed by atoms with van der Waals surface area (Å²) in [7, 11) is 0.